The minimum absolute atomic E-state index is 0. The number of amides is 1. The summed E-state index contributed by atoms with van der Waals surface area (Å²) in [6.45, 7) is 1.76. The Labute approximate surface area is 120 Å². The molecule has 2 aliphatic rings. The Kier molecular flexibility index (Phi) is 4.83. The van der Waals surface area contributed by atoms with Crippen LogP contribution in [0.3, 0.4) is 0 Å². The van der Waals surface area contributed by atoms with Gasteiger partial charge in [-0.05, 0) is 36.9 Å². The molecular weight excluding hydrogens is 260 g/mol. The van der Waals surface area contributed by atoms with Crippen molar-refractivity contribution in [2.75, 3.05) is 13.1 Å². The highest BCUT2D eigenvalue weighted by atomic mass is 35.5. The van der Waals surface area contributed by atoms with Gasteiger partial charge in [0.2, 0.25) is 5.91 Å². The second-order valence-corrected chi connectivity index (χ2v) is 5.35. The largest absolute Gasteiger partial charge is 0.354 e. The highest BCUT2D eigenvalue weighted by Gasteiger charge is 2.27. The molecule has 0 radical (unpaired) electrons. The van der Waals surface area contributed by atoms with Crippen molar-refractivity contribution in [1.29, 1.82) is 0 Å². The number of rotatable bonds is 3. The molecule has 2 N–H and O–H groups in total. The molecule has 1 aromatic carbocycles. The van der Waals surface area contributed by atoms with E-state index in [-0.39, 0.29) is 24.4 Å². The molecule has 1 fully saturated rings. The molecule has 0 bridgehead atoms. The molecule has 1 saturated heterocycles. The van der Waals surface area contributed by atoms with E-state index >= 15 is 0 Å². The van der Waals surface area contributed by atoms with E-state index in [0.29, 0.717) is 5.92 Å². The predicted molar refractivity (Wildman–Crippen MR) is 78.8 cm³/mol. The molecule has 0 aromatic heterocycles. The standard InChI is InChI=1S/C15H20N2O.ClH/c18-15(14-7-3-4-8-16-14)17-10-12-9-11-5-1-2-6-13(11)12;/h1-2,5-6,12,14,16H,3-4,7-10H2,(H,17,18);1H. The number of hydrogen-bond donors (Lipinski definition) is 2. The smallest absolute Gasteiger partial charge is 0.237 e. The molecule has 1 heterocycles. The van der Waals surface area contributed by atoms with Crippen LogP contribution in [-0.4, -0.2) is 25.0 Å². The van der Waals surface area contributed by atoms with E-state index in [4.69, 9.17) is 0 Å². The van der Waals surface area contributed by atoms with Crippen LogP contribution >= 0.6 is 12.4 Å². The average molecular weight is 281 g/mol. The van der Waals surface area contributed by atoms with E-state index < -0.39 is 0 Å². The molecule has 0 saturated carbocycles. The summed E-state index contributed by atoms with van der Waals surface area (Å²) in [7, 11) is 0. The van der Waals surface area contributed by atoms with E-state index in [0.717, 1.165) is 32.4 Å². The predicted octanol–water partition coefficient (Wildman–Crippen LogP) is 2.01. The third-order valence-corrected chi connectivity index (χ3v) is 4.11. The van der Waals surface area contributed by atoms with Gasteiger partial charge in [0.15, 0.2) is 0 Å². The molecule has 2 atom stereocenters. The lowest BCUT2D eigenvalue weighted by Gasteiger charge is -2.31. The second-order valence-electron chi connectivity index (χ2n) is 5.35. The highest BCUT2D eigenvalue weighted by Crippen LogP contribution is 2.33. The summed E-state index contributed by atoms with van der Waals surface area (Å²) in [5.74, 6) is 0.702. The Hall–Kier alpha value is -1.06. The fourth-order valence-electron chi connectivity index (χ4n) is 2.97. The number of carbonyl (C=O) groups is 1. The van der Waals surface area contributed by atoms with Gasteiger partial charge in [0.25, 0.3) is 0 Å². The van der Waals surface area contributed by atoms with Gasteiger partial charge in [-0.1, -0.05) is 30.7 Å². The summed E-state index contributed by atoms with van der Waals surface area (Å²) < 4.78 is 0. The minimum atomic E-state index is 0. The maximum Gasteiger partial charge on any atom is 0.237 e. The van der Waals surface area contributed by atoms with Crippen molar-refractivity contribution in [3.8, 4) is 0 Å². The first-order valence-corrected chi connectivity index (χ1v) is 6.93. The van der Waals surface area contributed by atoms with Gasteiger partial charge in [-0.25, -0.2) is 0 Å². The normalized spacial score (nSPS) is 24.6. The number of benzene rings is 1. The Bertz CT molecular complexity index is 444. The first-order valence-electron chi connectivity index (χ1n) is 6.93. The minimum Gasteiger partial charge on any atom is -0.354 e. The molecule has 3 nitrogen and oxygen atoms in total. The van der Waals surface area contributed by atoms with E-state index in [2.05, 4.69) is 34.9 Å². The lowest BCUT2D eigenvalue weighted by atomic mass is 9.77. The maximum absolute atomic E-state index is 12.0. The van der Waals surface area contributed by atoms with Crippen LogP contribution in [0.15, 0.2) is 24.3 Å². The first kappa shape index (κ1) is 14.4. The Morgan fingerprint density at radius 2 is 2.16 bits per heavy atom. The Balaban J connectivity index is 0.00000133. The molecule has 104 valence electrons. The fourth-order valence-corrected chi connectivity index (χ4v) is 2.97. The lowest BCUT2D eigenvalue weighted by Crippen LogP contribution is -2.48. The van der Waals surface area contributed by atoms with Crippen molar-refractivity contribution in [1.82, 2.24) is 10.6 Å². The molecule has 2 unspecified atom stereocenters. The number of hydrogen-bond acceptors (Lipinski definition) is 2. The molecule has 4 heteroatoms. The van der Waals surface area contributed by atoms with Crippen molar-refractivity contribution in [2.45, 2.75) is 37.6 Å². The zero-order valence-electron chi connectivity index (χ0n) is 11.0. The van der Waals surface area contributed by atoms with Gasteiger partial charge < -0.3 is 10.6 Å². The summed E-state index contributed by atoms with van der Waals surface area (Å²) in [4.78, 5) is 12.0. The van der Waals surface area contributed by atoms with Gasteiger partial charge in [-0.2, -0.15) is 0 Å². The van der Waals surface area contributed by atoms with Crippen LogP contribution in [0.2, 0.25) is 0 Å². The number of fused-ring (bicyclic) bond motifs is 1. The summed E-state index contributed by atoms with van der Waals surface area (Å²) >= 11 is 0. The van der Waals surface area contributed by atoms with Gasteiger partial charge in [-0.15, -0.1) is 12.4 Å². The summed E-state index contributed by atoms with van der Waals surface area (Å²) in [6, 6.07) is 8.55. The van der Waals surface area contributed by atoms with Crippen molar-refractivity contribution in [2.24, 2.45) is 0 Å². The zero-order valence-corrected chi connectivity index (χ0v) is 11.8. The quantitative estimate of drug-likeness (QED) is 0.889. The van der Waals surface area contributed by atoms with Crippen LogP contribution < -0.4 is 10.6 Å². The number of halogens is 1. The van der Waals surface area contributed by atoms with Gasteiger partial charge in [0, 0.05) is 12.5 Å². The van der Waals surface area contributed by atoms with E-state index in [1.807, 2.05) is 0 Å². The topological polar surface area (TPSA) is 41.1 Å². The molecule has 0 spiro atoms. The van der Waals surface area contributed by atoms with Gasteiger partial charge in [-0.3, -0.25) is 4.79 Å². The van der Waals surface area contributed by atoms with Crippen molar-refractivity contribution < 1.29 is 4.79 Å². The van der Waals surface area contributed by atoms with Crippen molar-refractivity contribution in [3.63, 3.8) is 0 Å². The van der Waals surface area contributed by atoms with E-state index in [1.54, 1.807) is 0 Å². The van der Waals surface area contributed by atoms with Crippen molar-refractivity contribution >= 4 is 18.3 Å². The highest BCUT2D eigenvalue weighted by molar-refractivity contribution is 5.85. The average Bonchev–Trinajstić information content (AvgIpc) is 2.40. The maximum atomic E-state index is 12.0. The zero-order chi connectivity index (χ0) is 12.4. The van der Waals surface area contributed by atoms with Gasteiger partial charge in [0.05, 0.1) is 6.04 Å². The van der Waals surface area contributed by atoms with Crippen LogP contribution in [0, 0.1) is 0 Å². The molecule has 19 heavy (non-hydrogen) atoms. The molecular formula is C15H21ClN2O. The second kappa shape index (κ2) is 6.40. The Morgan fingerprint density at radius 1 is 1.32 bits per heavy atom. The summed E-state index contributed by atoms with van der Waals surface area (Å²) in [5, 5.41) is 6.38. The van der Waals surface area contributed by atoms with Gasteiger partial charge >= 0.3 is 0 Å². The van der Waals surface area contributed by atoms with Crippen LogP contribution in [0.1, 0.15) is 36.3 Å². The molecule has 1 aliphatic heterocycles. The number of piperidine rings is 1. The van der Waals surface area contributed by atoms with Crippen molar-refractivity contribution in [3.05, 3.63) is 35.4 Å². The van der Waals surface area contributed by atoms with Gasteiger partial charge in [0.1, 0.15) is 0 Å². The SMILES string of the molecule is Cl.O=C(NCC1Cc2ccccc21)C1CCCCN1. The number of carbonyl (C=O) groups excluding carboxylic acids is 1. The molecule has 3 rings (SSSR count). The summed E-state index contributed by atoms with van der Waals surface area (Å²) in [5.41, 5.74) is 2.85. The van der Waals surface area contributed by atoms with Crippen LogP contribution in [0.4, 0.5) is 0 Å². The molecule has 1 aliphatic carbocycles. The molecule has 1 aromatic rings. The van der Waals surface area contributed by atoms with Crippen LogP contribution in [-0.2, 0) is 11.2 Å². The lowest BCUT2D eigenvalue weighted by molar-refractivity contribution is -0.123. The van der Waals surface area contributed by atoms with Crippen LogP contribution in [0.25, 0.3) is 0 Å². The first-order chi connectivity index (χ1) is 8.84. The van der Waals surface area contributed by atoms with E-state index in [9.17, 15) is 4.79 Å². The third-order valence-electron chi connectivity index (χ3n) is 4.11. The Morgan fingerprint density at radius 3 is 2.89 bits per heavy atom. The van der Waals surface area contributed by atoms with E-state index in [1.165, 1.54) is 17.5 Å². The van der Waals surface area contributed by atoms with Crippen LogP contribution in [0.5, 0.6) is 0 Å². The summed E-state index contributed by atoms with van der Waals surface area (Å²) in [6.07, 6.45) is 4.44. The fraction of sp³-hybridized carbons (Fsp3) is 0.533. The third kappa shape index (κ3) is 3.10. The number of nitrogens with one attached hydrogen (secondary N) is 2. The molecule has 1 amide bonds. The monoisotopic (exact) mass is 280 g/mol.